The highest BCUT2D eigenvalue weighted by molar-refractivity contribution is 6.01. The van der Waals surface area contributed by atoms with E-state index >= 15 is 0 Å². The van der Waals surface area contributed by atoms with Crippen molar-refractivity contribution in [1.29, 1.82) is 0 Å². The fraction of sp³-hybridized carbons (Fsp3) is 0.389. The summed E-state index contributed by atoms with van der Waals surface area (Å²) in [7, 11) is 1.43. The fourth-order valence-electron chi connectivity index (χ4n) is 3.57. The number of para-hydroxylation sites is 1. The first-order chi connectivity index (χ1) is 12.2. The van der Waals surface area contributed by atoms with Crippen molar-refractivity contribution in [3.8, 4) is 0 Å². The molecule has 0 radical (unpaired) electrons. The number of fused-ring (bicyclic) bond motifs is 3. The molecule has 2 aromatic heterocycles. The van der Waals surface area contributed by atoms with E-state index in [2.05, 4.69) is 9.97 Å². The van der Waals surface area contributed by atoms with Crippen LogP contribution in [0.15, 0.2) is 33.5 Å². The van der Waals surface area contributed by atoms with Crippen molar-refractivity contribution in [3.05, 3.63) is 40.4 Å². The second kappa shape index (κ2) is 6.33. The molecule has 130 valence electrons. The van der Waals surface area contributed by atoms with Crippen LogP contribution in [0.25, 0.3) is 22.1 Å². The van der Waals surface area contributed by atoms with Crippen LogP contribution in [0.3, 0.4) is 0 Å². The van der Waals surface area contributed by atoms with Gasteiger partial charge in [0.05, 0.1) is 26.1 Å². The first-order valence-corrected chi connectivity index (χ1v) is 8.47. The number of nitrogens with zero attached hydrogens (tertiary/aromatic N) is 1. The molecule has 3 heterocycles. The monoisotopic (exact) mass is 342 g/mol. The van der Waals surface area contributed by atoms with E-state index in [9.17, 15) is 9.59 Å². The lowest BCUT2D eigenvalue weighted by Crippen LogP contribution is -3.12. The number of likely N-dealkylation sites (tertiary alicyclic amines) is 1. The molecule has 1 saturated heterocycles. The fourth-order valence-corrected chi connectivity index (χ4v) is 3.57. The number of aromatic nitrogens is 2. The lowest BCUT2D eigenvalue weighted by atomic mass is 9.97. The minimum Gasteiger partial charge on any atom is -0.469 e. The summed E-state index contributed by atoms with van der Waals surface area (Å²) in [5.74, 6) is 0.508. The van der Waals surface area contributed by atoms with Gasteiger partial charge in [0.2, 0.25) is 5.58 Å². The molecule has 1 aliphatic rings. The number of hydrogen-bond acceptors (Lipinski definition) is 5. The van der Waals surface area contributed by atoms with E-state index < -0.39 is 0 Å². The van der Waals surface area contributed by atoms with Gasteiger partial charge in [-0.1, -0.05) is 12.1 Å². The Labute approximate surface area is 143 Å². The summed E-state index contributed by atoms with van der Waals surface area (Å²) in [6.07, 6.45) is 1.59. The van der Waals surface area contributed by atoms with Crippen LogP contribution in [-0.2, 0) is 16.1 Å². The van der Waals surface area contributed by atoms with Gasteiger partial charge in [-0.05, 0) is 12.1 Å². The average molecular weight is 342 g/mol. The van der Waals surface area contributed by atoms with Crippen LogP contribution in [0.5, 0.6) is 0 Å². The first kappa shape index (κ1) is 15.8. The van der Waals surface area contributed by atoms with Crippen LogP contribution in [0.2, 0.25) is 0 Å². The number of aromatic amines is 1. The maximum absolute atomic E-state index is 12.3. The second-order valence-electron chi connectivity index (χ2n) is 6.51. The van der Waals surface area contributed by atoms with Crippen molar-refractivity contribution in [1.82, 2.24) is 9.97 Å². The third-order valence-electron chi connectivity index (χ3n) is 4.92. The number of H-pyrrole nitrogens is 1. The van der Waals surface area contributed by atoms with Gasteiger partial charge in [0, 0.05) is 18.2 Å². The number of piperidine rings is 1. The largest absolute Gasteiger partial charge is 0.469 e. The zero-order valence-corrected chi connectivity index (χ0v) is 14.0. The number of methoxy groups -OCH3 is 1. The topological polar surface area (TPSA) is 89.6 Å². The van der Waals surface area contributed by atoms with Crippen molar-refractivity contribution in [2.75, 3.05) is 20.2 Å². The predicted molar refractivity (Wildman–Crippen MR) is 91.3 cm³/mol. The number of quaternary nitrogens is 1. The van der Waals surface area contributed by atoms with Crippen molar-refractivity contribution >= 4 is 28.0 Å². The van der Waals surface area contributed by atoms with Crippen LogP contribution in [0.1, 0.15) is 18.7 Å². The number of ether oxygens (including phenoxy) is 1. The van der Waals surface area contributed by atoms with Crippen LogP contribution >= 0.6 is 0 Å². The Hall–Kier alpha value is -2.67. The van der Waals surface area contributed by atoms with Crippen LogP contribution < -0.4 is 10.5 Å². The van der Waals surface area contributed by atoms with Gasteiger partial charge in [0.25, 0.3) is 5.56 Å². The Bertz CT molecular complexity index is 983. The zero-order valence-electron chi connectivity index (χ0n) is 14.0. The van der Waals surface area contributed by atoms with E-state index in [1.807, 2.05) is 24.3 Å². The molecule has 0 amide bonds. The van der Waals surface area contributed by atoms with E-state index in [4.69, 9.17) is 9.15 Å². The molecule has 0 saturated carbocycles. The Balaban J connectivity index is 1.57. The van der Waals surface area contributed by atoms with Gasteiger partial charge in [0.15, 0.2) is 5.82 Å². The molecule has 0 aliphatic carbocycles. The van der Waals surface area contributed by atoms with E-state index in [0.717, 1.165) is 31.3 Å². The van der Waals surface area contributed by atoms with Crippen molar-refractivity contribution in [2.45, 2.75) is 19.4 Å². The first-order valence-electron chi connectivity index (χ1n) is 8.47. The third-order valence-corrected chi connectivity index (χ3v) is 4.92. The average Bonchev–Trinajstić information content (AvgIpc) is 3.01. The number of nitrogens with one attached hydrogen (secondary N) is 2. The lowest BCUT2D eigenvalue weighted by Gasteiger charge is -2.27. The van der Waals surface area contributed by atoms with Crippen molar-refractivity contribution < 1.29 is 18.8 Å². The second-order valence-corrected chi connectivity index (χ2v) is 6.51. The molecule has 0 bridgehead atoms. The van der Waals surface area contributed by atoms with E-state index in [0.29, 0.717) is 23.5 Å². The van der Waals surface area contributed by atoms with E-state index in [1.54, 1.807) is 0 Å². The molecule has 0 unspecified atom stereocenters. The minimum absolute atomic E-state index is 0.0129. The summed E-state index contributed by atoms with van der Waals surface area (Å²) in [5, 5.41) is 0.851. The van der Waals surface area contributed by atoms with Gasteiger partial charge < -0.3 is 19.0 Å². The molecule has 1 aliphatic heterocycles. The van der Waals surface area contributed by atoms with Gasteiger partial charge in [0.1, 0.15) is 17.6 Å². The number of furan rings is 1. The molecule has 0 spiro atoms. The normalized spacial score (nSPS) is 20.8. The number of hydrogen-bond donors (Lipinski definition) is 2. The molecular weight excluding hydrogens is 322 g/mol. The maximum Gasteiger partial charge on any atom is 0.309 e. The van der Waals surface area contributed by atoms with Gasteiger partial charge in [-0.25, -0.2) is 4.98 Å². The van der Waals surface area contributed by atoms with Crippen molar-refractivity contribution in [3.63, 3.8) is 0 Å². The molecule has 0 atom stereocenters. The van der Waals surface area contributed by atoms with Gasteiger partial charge in [-0.2, -0.15) is 0 Å². The molecule has 7 nitrogen and oxygen atoms in total. The van der Waals surface area contributed by atoms with Crippen LogP contribution in [0, 0.1) is 5.92 Å². The zero-order chi connectivity index (χ0) is 17.4. The van der Waals surface area contributed by atoms with Crippen LogP contribution in [0.4, 0.5) is 0 Å². The summed E-state index contributed by atoms with van der Waals surface area (Å²) in [6.45, 7) is 2.33. The number of benzene rings is 1. The highest BCUT2D eigenvalue weighted by Crippen LogP contribution is 2.24. The summed E-state index contributed by atoms with van der Waals surface area (Å²) < 4.78 is 10.4. The lowest BCUT2D eigenvalue weighted by molar-refractivity contribution is -0.920. The Kier molecular flexibility index (Phi) is 4.01. The SMILES string of the molecule is COC(=O)C1CC[NH+](Cc2nc3c(oc4ccccc43)c(=O)[nH]2)CC1. The molecule has 2 N–H and O–H groups in total. The smallest absolute Gasteiger partial charge is 0.309 e. The maximum atomic E-state index is 12.3. The summed E-state index contributed by atoms with van der Waals surface area (Å²) >= 11 is 0. The summed E-state index contributed by atoms with van der Waals surface area (Å²) in [6, 6.07) is 7.52. The number of carbonyl (C=O) groups is 1. The molecule has 25 heavy (non-hydrogen) atoms. The standard InChI is InChI=1S/C18H19N3O4/c1-24-18(23)11-6-8-21(9-7-11)10-14-19-15-12-4-2-3-5-13(12)25-16(15)17(22)20-14/h2-5,11H,6-10H2,1H3,(H,19,20,22)/p+1. The van der Waals surface area contributed by atoms with E-state index in [-0.39, 0.29) is 23.0 Å². The van der Waals surface area contributed by atoms with Gasteiger partial charge in [-0.15, -0.1) is 0 Å². The number of rotatable bonds is 3. The Morgan fingerprint density at radius 1 is 1.36 bits per heavy atom. The Morgan fingerprint density at radius 2 is 2.12 bits per heavy atom. The molecular formula is C18H20N3O4+. The van der Waals surface area contributed by atoms with Crippen molar-refractivity contribution in [2.24, 2.45) is 5.92 Å². The molecule has 4 rings (SSSR count). The highest BCUT2D eigenvalue weighted by Gasteiger charge is 2.28. The molecule has 7 heteroatoms. The Morgan fingerprint density at radius 3 is 2.88 bits per heavy atom. The van der Waals surface area contributed by atoms with Gasteiger partial charge >= 0.3 is 5.97 Å². The van der Waals surface area contributed by atoms with Crippen LogP contribution in [-0.4, -0.2) is 36.1 Å². The molecule has 3 aromatic rings. The number of carbonyl (C=O) groups excluding carboxylic acids is 1. The highest BCUT2D eigenvalue weighted by atomic mass is 16.5. The quantitative estimate of drug-likeness (QED) is 0.682. The predicted octanol–water partition coefficient (Wildman–Crippen LogP) is 0.637. The molecule has 1 aromatic carbocycles. The van der Waals surface area contributed by atoms with E-state index in [1.165, 1.54) is 12.0 Å². The molecule has 1 fully saturated rings. The summed E-state index contributed by atoms with van der Waals surface area (Å²) in [4.78, 5) is 32.7. The summed E-state index contributed by atoms with van der Waals surface area (Å²) in [5.41, 5.74) is 1.29. The van der Waals surface area contributed by atoms with Gasteiger partial charge in [-0.3, -0.25) is 9.59 Å². The number of esters is 1. The minimum atomic E-state index is -0.250. The third kappa shape index (κ3) is 2.91.